The van der Waals surface area contributed by atoms with E-state index in [9.17, 15) is 0 Å². The third-order valence-electron chi connectivity index (χ3n) is 3.83. The van der Waals surface area contributed by atoms with Crippen LogP contribution >= 0.6 is 0 Å². The maximum atomic E-state index is 4.35. The van der Waals surface area contributed by atoms with E-state index >= 15 is 0 Å². The van der Waals surface area contributed by atoms with Crippen LogP contribution in [0.1, 0.15) is 50.4 Å². The van der Waals surface area contributed by atoms with Gasteiger partial charge in [0.2, 0.25) is 0 Å². The highest BCUT2D eigenvalue weighted by Crippen LogP contribution is 2.25. The zero-order valence-electron chi connectivity index (χ0n) is 11.9. The lowest BCUT2D eigenvalue weighted by Gasteiger charge is -2.27. The minimum absolute atomic E-state index is 0.503. The lowest BCUT2D eigenvalue weighted by Crippen LogP contribution is -2.29. The molecule has 102 valence electrons. The van der Waals surface area contributed by atoms with Gasteiger partial charge in [-0.15, -0.1) is 0 Å². The first-order chi connectivity index (χ1) is 8.68. The van der Waals surface area contributed by atoms with E-state index in [1.807, 2.05) is 12.5 Å². The van der Waals surface area contributed by atoms with Gasteiger partial charge in [-0.1, -0.05) is 6.42 Å². The fourth-order valence-electron chi connectivity index (χ4n) is 2.64. The van der Waals surface area contributed by atoms with Gasteiger partial charge in [0, 0.05) is 18.3 Å². The van der Waals surface area contributed by atoms with Crippen LogP contribution in [0, 0.1) is 0 Å². The summed E-state index contributed by atoms with van der Waals surface area (Å²) in [7, 11) is 4.26. The van der Waals surface area contributed by atoms with Crippen molar-refractivity contribution in [1.29, 1.82) is 0 Å². The number of nitrogens with zero attached hydrogens (tertiary/aromatic N) is 3. The monoisotopic (exact) mass is 250 g/mol. The highest BCUT2D eigenvalue weighted by Gasteiger charge is 2.20. The fraction of sp³-hybridized carbons (Fsp3) is 0.786. The Morgan fingerprint density at radius 2 is 2.33 bits per heavy atom. The Kier molecular flexibility index (Phi) is 4.78. The SMILES string of the molecule is CC(CCN(C)C)n1cncc1C1CCCCN1. The largest absolute Gasteiger partial charge is 0.330 e. The minimum atomic E-state index is 0.503. The van der Waals surface area contributed by atoms with Crippen molar-refractivity contribution in [3.63, 3.8) is 0 Å². The molecule has 1 saturated heterocycles. The third kappa shape index (κ3) is 3.33. The van der Waals surface area contributed by atoms with Gasteiger partial charge in [-0.2, -0.15) is 0 Å². The van der Waals surface area contributed by atoms with Gasteiger partial charge in [0.25, 0.3) is 0 Å². The molecule has 1 aromatic rings. The van der Waals surface area contributed by atoms with Crippen LogP contribution in [0.3, 0.4) is 0 Å². The van der Waals surface area contributed by atoms with Crippen molar-refractivity contribution in [3.8, 4) is 0 Å². The molecule has 0 aromatic carbocycles. The molecule has 0 spiro atoms. The van der Waals surface area contributed by atoms with Gasteiger partial charge >= 0.3 is 0 Å². The van der Waals surface area contributed by atoms with Crippen molar-refractivity contribution in [2.24, 2.45) is 0 Å². The Hall–Kier alpha value is -0.870. The predicted molar refractivity (Wildman–Crippen MR) is 74.7 cm³/mol. The highest BCUT2D eigenvalue weighted by atomic mass is 15.1. The van der Waals surface area contributed by atoms with Gasteiger partial charge in [-0.25, -0.2) is 4.98 Å². The highest BCUT2D eigenvalue weighted by molar-refractivity contribution is 5.07. The van der Waals surface area contributed by atoms with Crippen LogP contribution in [0.5, 0.6) is 0 Å². The van der Waals surface area contributed by atoms with E-state index < -0.39 is 0 Å². The Labute approximate surface area is 110 Å². The maximum absolute atomic E-state index is 4.35. The molecule has 0 aliphatic carbocycles. The minimum Gasteiger partial charge on any atom is -0.330 e. The average molecular weight is 250 g/mol. The second-order valence-corrected chi connectivity index (χ2v) is 5.67. The molecular weight excluding hydrogens is 224 g/mol. The molecule has 0 radical (unpaired) electrons. The standard InChI is InChI=1S/C14H26N4/c1-12(7-9-17(2)3)18-11-15-10-14(18)13-6-4-5-8-16-13/h10-13,16H,4-9H2,1-3H3. The zero-order valence-corrected chi connectivity index (χ0v) is 11.9. The number of hydrogen-bond acceptors (Lipinski definition) is 3. The molecule has 0 amide bonds. The zero-order chi connectivity index (χ0) is 13.0. The lowest BCUT2D eigenvalue weighted by atomic mass is 10.0. The van der Waals surface area contributed by atoms with E-state index in [1.54, 1.807) is 0 Å². The van der Waals surface area contributed by atoms with E-state index in [4.69, 9.17) is 0 Å². The summed E-state index contributed by atoms with van der Waals surface area (Å²) in [6, 6.07) is 1.02. The normalized spacial score (nSPS) is 22.3. The topological polar surface area (TPSA) is 33.1 Å². The number of nitrogens with one attached hydrogen (secondary N) is 1. The van der Waals surface area contributed by atoms with Gasteiger partial charge in [0.05, 0.1) is 12.0 Å². The molecule has 2 unspecified atom stereocenters. The Morgan fingerprint density at radius 3 is 3.00 bits per heavy atom. The number of rotatable bonds is 5. The molecule has 0 bridgehead atoms. The first kappa shape index (κ1) is 13.6. The van der Waals surface area contributed by atoms with Crippen LogP contribution in [0.15, 0.2) is 12.5 Å². The number of aromatic nitrogens is 2. The number of imidazole rings is 1. The molecule has 2 atom stereocenters. The Balaban J connectivity index is 2.01. The second-order valence-electron chi connectivity index (χ2n) is 5.67. The summed E-state index contributed by atoms with van der Waals surface area (Å²) in [5.74, 6) is 0. The maximum Gasteiger partial charge on any atom is 0.0951 e. The number of hydrogen-bond donors (Lipinski definition) is 1. The summed E-state index contributed by atoms with van der Waals surface area (Å²) in [6.07, 6.45) is 9.08. The molecular formula is C14H26N4. The van der Waals surface area contributed by atoms with E-state index in [0.29, 0.717) is 12.1 Å². The van der Waals surface area contributed by atoms with Crippen LogP contribution in [0.4, 0.5) is 0 Å². The van der Waals surface area contributed by atoms with Gasteiger partial charge in [0.15, 0.2) is 0 Å². The molecule has 1 aliphatic heterocycles. The Bertz CT molecular complexity index is 352. The van der Waals surface area contributed by atoms with Crippen molar-refractivity contribution in [2.75, 3.05) is 27.2 Å². The first-order valence-electron chi connectivity index (χ1n) is 7.08. The molecule has 4 nitrogen and oxygen atoms in total. The van der Waals surface area contributed by atoms with E-state index in [-0.39, 0.29) is 0 Å². The molecule has 4 heteroatoms. The molecule has 18 heavy (non-hydrogen) atoms. The van der Waals surface area contributed by atoms with Crippen molar-refractivity contribution >= 4 is 0 Å². The molecule has 1 aliphatic rings. The van der Waals surface area contributed by atoms with Gasteiger partial charge in [-0.3, -0.25) is 0 Å². The van der Waals surface area contributed by atoms with Crippen molar-refractivity contribution in [3.05, 3.63) is 18.2 Å². The Morgan fingerprint density at radius 1 is 1.50 bits per heavy atom. The molecule has 1 aromatic heterocycles. The van der Waals surface area contributed by atoms with Crippen molar-refractivity contribution in [2.45, 2.75) is 44.7 Å². The summed E-state index contributed by atoms with van der Waals surface area (Å²) in [5.41, 5.74) is 1.36. The summed E-state index contributed by atoms with van der Waals surface area (Å²) in [5, 5.41) is 3.61. The second kappa shape index (κ2) is 6.34. The number of piperidine rings is 1. The van der Waals surface area contributed by atoms with Crippen LogP contribution in [-0.4, -0.2) is 41.6 Å². The van der Waals surface area contributed by atoms with E-state index in [0.717, 1.165) is 13.1 Å². The lowest BCUT2D eigenvalue weighted by molar-refractivity contribution is 0.340. The predicted octanol–water partition coefficient (Wildman–Crippen LogP) is 2.21. The molecule has 2 rings (SSSR count). The van der Waals surface area contributed by atoms with Crippen LogP contribution in [0.25, 0.3) is 0 Å². The first-order valence-corrected chi connectivity index (χ1v) is 7.08. The van der Waals surface area contributed by atoms with E-state index in [2.05, 4.69) is 40.8 Å². The third-order valence-corrected chi connectivity index (χ3v) is 3.83. The van der Waals surface area contributed by atoms with Crippen molar-refractivity contribution < 1.29 is 0 Å². The van der Waals surface area contributed by atoms with Crippen LogP contribution < -0.4 is 5.32 Å². The molecule has 1 N–H and O–H groups in total. The smallest absolute Gasteiger partial charge is 0.0951 e. The van der Waals surface area contributed by atoms with Crippen LogP contribution in [-0.2, 0) is 0 Å². The summed E-state index contributed by atoms with van der Waals surface area (Å²) < 4.78 is 2.35. The summed E-state index contributed by atoms with van der Waals surface area (Å²) in [6.45, 7) is 4.55. The van der Waals surface area contributed by atoms with Crippen molar-refractivity contribution in [1.82, 2.24) is 19.8 Å². The summed E-state index contributed by atoms with van der Waals surface area (Å²) in [4.78, 5) is 6.60. The quantitative estimate of drug-likeness (QED) is 0.870. The summed E-state index contributed by atoms with van der Waals surface area (Å²) >= 11 is 0. The van der Waals surface area contributed by atoms with E-state index in [1.165, 1.54) is 31.4 Å². The van der Waals surface area contributed by atoms with Gasteiger partial charge < -0.3 is 14.8 Å². The van der Waals surface area contributed by atoms with Gasteiger partial charge in [0.1, 0.15) is 0 Å². The molecule has 0 saturated carbocycles. The van der Waals surface area contributed by atoms with Crippen LogP contribution in [0.2, 0.25) is 0 Å². The molecule has 1 fully saturated rings. The average Bonchev–Trinajstić information content (AvgIpc) is 2.86. The fourth-order valence-corrected chi connectivity index (χ4v) is 2.64. The van der Waals surface area contributed by atoms with Gasteiger partial charge in [-0.05, 0) is 53.4 Å². The molecule has 2 heterocycles.